The van der Waals surface area contributed by atoms with Crippen LogP contribution in [0.4, 0.5) is 4.79 Å². The van der Waals surface area contributed by atoms with Crippen LogP contribution in [0.5, 0.6) is 0 Å². The number of nitrogens with one attached hydrogen (secondary N) is 1. The van der Waals surface area contributed by atoms with Crippen LogP contribution in [0, 0.1) is 5.92 Å². The van der Waals surface area contributed by atoms with Crippen LogP contribution in [0.1, 0.15) is 19.4 Å². The van der Waals surface area contributed by atoms with Gasteiger partial charge < -0.3 is 10.2 Å². The molecule has 0 spiro atoms. The lowest BCUT2D eigenvalue weighted by atomic mass is 10.2. The predicted octanol–water partition coefficient (Wildman–Crippen LogP) is 2.67. The van der Waals surface area contributed by atoms with Gasteiger partial charge in [0.05, 0.1) is 18.4 Å². The van der Waals surface area contributed by atoms with Crippen molar-refractivity contribution in [3.63, 3.8) is 0 Å². The van der Waals surface area contributed by atoms with Crippen LogP contribution in [-0.2, 0) is 6.54 Å². The molecule has 1 aromatic heterocycles. The number of hydrogen-bond acceptors (Lipinski definition) is 2. The second-order valence-corrected chi connectivity index (χ2v) is 5.56. The molecule has 0 aliphatic heterocycles. The van der Waals surface area contributed by atoms with Gasteiger partial charge in [0, 0.05) is 25.4 Å². The molecule has 2 amide bonds. The molecule has 5 nitrogen and oxygen atoms in total. The van der Waals surface area contributed by atoms with Gasteiger partial charge in [0.1, 0.15) is 0 Å². The van der Waals surface area contributed by atoms with Crippen molar-refractivity contribution in [1.82, 2.24) is 20.0 Å². The van der Waals surface area contributed by atoms with Crippen molar-refractivity contribution in [3.8, 4) is 5.69 Å². The van der Waals surface area contributed by atoms with E-state index in [1.807, 2.05) is 41.2 Å². The molecular formula is C16H22N4O. The van der Waals surface area contributed by atoms with E-state index in [2.05, 4.69) is 24.3 Å². The first-order chi connectivity index (χ1) is 10.1. The second-order valence-electron chi connectivity index (χ2n) is 5.56. The number of urea groups is 1. The number of nitrogens with zero attached hydrogens (tertiary/aromatic N) is 3. The molecule has 0 aliphatic rings. The van der Waals surface area contributed by atoms with Crippen molar-refractivity contribution in [3.05, 3.63) is 48.3 Å². The first kappa shape index (κ1) is 15.1. The minimum Gasteiger partial charge on any atom is -0.338 e. The molecule has 0 saturated heterocycles. The van der Waals surface area contributed by atoms with Gasteiger partial charge in [-0.15, -0.1) is 0 Å². The molecule has 0 atom stereocenters. The fraction of sp³-hybridized carbons (Fsp3) is 0.375. The fourth-order valence-corrected chi connectivity index (χ4v) is 1.94. The molecule has 1 heterocycles. The quantitative estimate of drug-likeness (QED) is 0.918. The molecule has 0 radical (unpaired) electrons. The minimum atomic E-state index is -0.0591. The first-order valence-electron chi connectivity index (χ1n) is 7.14. The lowest BCUT2D eigenvalue weighted by Gasteiger charge is -2.18. The molecule has 1 aromatic carbocycles. The Hall–Kier alpha value is -2.30. The van der Waals surface area contributed by atoms with E-state index in [0.717, 1.165) is 11.3 Å². The highest BCUT2D eigenvalue weighted by molar-refractivity contribution is 5.73. The second kappa shape index (κ2) is 6.92. The molecular weight excluding hydrogens is 264 g/mol. The summed E-state index contributed by atoms with van der Waals surface area (Å²) in [6, 6.07) is 9.85. The number of carbonyl (C=O) groups is 1. The van der Waals surface area contributed by atoms with Gasteiger partial charge in [-0.25, -0.2) is 9.48 Å². The van der Waals surface area contributed by atoms with Gasteiger partial charge in [-0.05, 0) is 18.1 Å². The van der Waals surface area contributed by atoms with Crippen LogP contribution in [0.2, 0.25) is 0 Å². The van der Waals surface area contributed by atoms with Gasteiger partial charge in [-0.1, -0.05) is 32.0 Å². The summed E-state index contributed by atoms with van der Waals surface area (Å²) in [5.74, 6) is 0.447. The number of benzene rings is 1. The van der Waals surface area contributed by atoms with Gasteiger partial charge in [0.2, 0.25) is 0 Å². The molecule has 0 bridgehead atoms. The van der Waals surface area contributed by atoms with E-state index in [9.17, 15) is 4.79 Å². The molecule has 0 saturated carbocycles. The van der Waals surface area contributed by atoms with Crippen molar-refractivity contribution in [1.29, 1.82) is 0 Å². The van der Waals surface area contributed by atoms with E-state index in [0.29, 0.717) is 19.0 Å². The normalized spacial score (nSPS) is 10.7. The zero-order valence-corrected chi connectivity index (χ0v) is 12.8. The molecule has 21 heavy (non-hydrogen) atoms. The summed E-state index contributed by atoms with van der Waals surface area (Å²) in [5, 5.41) is 7.23. The Morgan fingerprint density at radius 2 is 2.05 bits per heavy atom. The lowest BCUT2D eigenvalue weighted by molar-refractivity contribution is 0.205. The third-order valence-corrected chi connectivity index (χ3v) is 3.08. The Balaban J connectivity index is 1.95. The Bertz CT molecular complexity index is 577. The largest absolute Gasteiger partial charge is 0.338 e. The van der Waals surface area contributed by atoms with Crippen LogP contribution in [-0.4, -0.2) is 34.3 Å². The standard InChI is InChI=1S/C16H22N4O/c1-13(2)9-17-16(21)19(3)11-14-10-18-20(12-14)15-7-5-4-6-8-15/h4-8,10,12-13H,9,11H2,1-3H3,(H,17,21). The zero-order valence-electron chi connectivity index (χ0n) is 12.8. The average molecular weight is 286 g/mol. The summed E-state index contributed by atoms with van der Waals surface area (Å²) in [5.41, 5.74) is 2.01. The molecule has 0 unspecified atom stereocenters. The van der Waals surface area contributed by atoms with Crippen molar-refractivity contribution in [2.24, 2.45) is 5.92 Å². The number of hydrogen-bond donors (Lipinski definition) is 1. The van der Waals surface area contributed by atoms with Crippen LogP contribution >= 0.6 is 0 Å². The van der Waals surface area contributed by atoms with E-state index in [4.69, 9.17) is 0 Å². The van der Waals surface area contributed by atoms with Gasteiger partial charge >= 0.3 is 6.03 Å². The summed E-state index contributed by atoms with van der Waals surface area (Å²) >= 11 is 0. The van der Waals surface area contributed by atoms with Crippen LogP contribution in [0.3, 0.4) is 0 Å². The third kappa shape index (κ3) is 4.34. The van der Waals surface area contributed by atoms with E-state index < -0.39 is 0 Å². The van der Waals surface area contributed by atoms with Crippen molar-refractivity contribution in [2.45, 2.75) is 20.4 Å². The Morgan fingerprint density at radius 1 is 1.33 bits per heavy atom. The highest BCUT2D eigenvalue weighted by Gasteiger charge is 2.10. The van der Waals surface area contributed by atoms with E-state index in [-0.39, 0.29) is 6.03 Å². The minimum absolute atomic E-state index is 0.0591. The monoisotopic (exact) mass is 286 g/mol. The zero-order chi connectivity index (χ0) is 15.2. The average Bonchev–Trinajstić information content (AvgIpc) is 2.94. The number of rotatable bonds is 5. The van der Waals surface area contributed by atoms with Crippen molar-refractivity contribution >= 4 is 6.03 Å². The predicted molar refractivity (Wildman–Crippen MR) is 83.3 cm³/mol. The Morgan fingerprint density at radius 3 is 2.71 bits per heavy atom. The summed E-state index contributed by atoms with van der Waals surface area (Å²) in [4.78, 5) is 13.6. The number of aromatic nitrogens is 2. The molecule has 1 N–H and O–H groups in total. The molecule has 5 heteroatoms. The van der Waals surface area contributed by atoms with E-state index >= 15 is 0 Å². The summed E-state index contributed by atoms with van der Waals surface area (Å²) < 4.78 is 1.81. The molecule has 0 fully saturated rings. The van der Waals surface area contributed by atoms with Crippen LogP contribution < -0.4 is 5.32 Å². The van der Waals surface area contributed by atoms with Crippen molar-refractivity contribution in [2.75, 3.05) is 13.6 Å². The maximum Gasteiger partial charge on any atom is 0.317 e. The molecule has 112 valence electrons. The van der Waals surface area contributed by atoms with E-state index in [1.165, 1.54) is 0 Å². The Kier molecular flexibility index (Phi) is 4.98. The van der Waals surface area contributed by atoms with Crippen LogP contribution in [0.25, 0.3) is 5.69 Å². The number of amides is 2. The third-order valence-electron chi connectivity index (χ3n) is 3.08. The van der Waals surface area contributed by atoms with Gasteiger partial charge in [-0.2, -0.15) is 5.10 Å². The summed E-state index contributed by atoms with van der Waals surface area (Å²) in [6.07, 6.45) is 3.74. The first-order valence-corrected chi connectivity index (χ1v) is 7.14. The lowest BCUT2D eigenvalue weighted by Crippen LogP contribution is -2.38. The van der Waals surface area contributed by atoms with E-state index in [1.54, 1.807) is 18.1 Å². The Labute approximate surface area is 125 Å². The number of para-hydroxylation sites is 1. The van der Waals surface area contributed by atoms with Crippen molar-refractivity contribution < 1.29 is 4.79 Å². The smallest absolute Gasteiger partial charge is 0.317 e. The maximum atomic E-state index is 11.9. The summed E-state index contributed by atoms with van der Waals surface area (Å²) in [7, 11) is 1.79. The highest BCUT2D eigenvalue weighted by Crippen LogP contribution is 2.09. The number of carbonyl (C=O) groups excluding carboxylic acids is 1. The molecule has 0 aliphatic carbocycles. The van der Waals surface area contributed by atoms with Gasteiger partial charge in [0.25, 0.3) is 0 Å². The maximum absolute atomic E-state index is 11.9. The van der Waals surface area contributed by atoms with Gasteiger partial charge in [-0.3, -0.25) is 0 Å². The SMILES string of the molecule is CC(C)CNC(=O)N(C)Cc1cnn(-c2ccccc2)c1. The molecule has 2 rings (SSSR count). The molecule has 2 aromatic rings. The topological polar surface area (TPSA) is 50.2 Å². The summed E-state index contributed by atoms with van der Waals surface area (Å²) in [6.45, 7) is 5.37. The van der Waals surface area contributed by atoms with Crippen LogP contribution in [0.15, 0.2) is 42.7 Å². The van der Waals surface area contributed by atoms with Gasteiger partial charge in [0.15, 0.2) is 0 Å². The highest BCUT2D eigenvalue weighted by atomic mass is 16.2. The fourth-order valence-electron chi connectivity index (χ4n) is 1.94.